The smallest absolute Gasteiger partial charge is 0.315 e. The van der Waals surface area contributed by atoms with E-state index < -0.39 is 0 Å². The lowest BCUT2D eigenvalue weighted by molar-refractivity contribution is 0.232. The average molecular weight is 327 g/mol. The average Bonchev–Trinajstić information content (AvgIpc) is 2.87. The molecular weight excluding hydrogens is 296 g/mol. The number of amides is 2. The number of nitrogens with zero attached hydrogens (tertiary/aromatic N) is 2. The molecule has 0 saturated heterocycles. The van der Waals surface area contributed by atoms with Crippen molar-refractivity contribution in [3.8, 4) is 0 Å². The van der Waals surface area contributed by atoms with Crippen molar-refractivity contribution in [1.82, 2.24) is 20.5 Å². The molecule has 5 nitrogen and oxygen atoms in total. The summed E-state index contributed by atoms with van der Waals surface area (Å²) in [6.07, 6.45) is 0. The summed E-state index contributed by atoms with van der Waals surface area (Å²) in [7, 11) is 2.05. The topological polar surface area (TPSA) is 57.3 Å². The van der Waals surface area contributed by atoms with Gasteiger partial charge in [-0.2, -0.15) is 0 Å². The summed E-state index contributed by atoms with van der Waals surface area (Å²) in [6, 6.07) is 0.260. The van der Waals surface area contributed by atoms with Crippen LogP contribution in [0.1, 0.15) is 58.3 Å². The van der Waals surface area contributed by atoms with Gasteiger partial charge in [-0.05, 0) is 27.8 Å². The number of hydrogen-bond donors (Lipinski definition) is 2. The molecule has 1 aromatic rings. The molecule has 0 spiro atoms. The van der Waals surface area contributed by atoms with Crippen LogP contribution < -0.4 is 10.6 Å². The standard InChI is InChI=1S/C16H30N4OS/c1-11(2)20(7)9-8-17-15(21)18-12(3)14-19-13(10-22-14)16(4,5)6/h10-12H,8-9H2,1-7H3,(H2,17,18,21)/t12-/m0/s1. The lowest BCUT2D eigenvalue weighted by Crippen LogP contribution is -2.41. The monoisotopic (exact) mass is 326 g/mol. The van der Waals surface area contributed by atoms with Crippen molar-refractivity contribution in [2.45, 2.75) is 59.0 Å². The largest absolute Gasteiger partial charge is 0.337 e. The Morgan fingerprint density at radius 3 is 2.50 bits per heavy atom. The first-order valence-corrected chi connectivity index (χ1v) is 8.69. The molecule has 1 atom stereocenters. The van der Waals surface area contributed by atoms with Crippen molar-refractivity contribution in [3.63, 3.8) is 0 Å². The van der Waals surface area contributed by atoms with Crippen molar-refractivity contribution in [3.05, 3.63) is 16.1 Å². The molecule has 0 aliphatic heterocycles. The van der Waals surface area contributed by atoms with Crippen LogP contribution in [0.5, 0.6) is 0 Å². The number of carbonyl (C=O) groups is 1. The Hall–Kier alpha value is -1.14. The van der Waals surface area contributed by atoms with Crippen LogP contribution in [-0.4, -0.2) is 42.1 Å². The zero-order chi connectivity index (χ0) is 16.9. The Balaban J connectivity index is 2.43. The van der Waals surface area contributed by atoms with Crippen molar-refractivity contribution >= 4 is 17.4 Å². The molecule has 1 aromatic heterocycles. The van der Waals surface area contributed by atoms with Gasteiger partial charge in [0.2, 0.25) is 0 Å². The fraction of sp³-hybridized carbons (Fsp3) is 0.750. The minimum Gasteiger partial charge on any atom is -0.337 e. The first-order valence-electron chi connectivity index (χ1n) is 7.81. The number of likely N-dealkylation sites (N-methyl/N-ethyl adjacent to an activating group) is 1. The van der Waals surface area contributed by atoms with E-state index in [1.807, 2.05) is 6.92 Å². The highest BCUT2D eigenvalue weighted by Crippen LogP contribution is 2.26. The Morgan fingerprint density at radius 2 is 2.00 bits per heavy atom. The molecule has 0 aliphatic rings. The molecule has 2 amide bonds. The fourth-order valence-electron chi connectivity index (χ4n) is 1.74. The summed E-state index contributed by atoms with van der Waals surface area (Å²) in [5, 5.41) is 8.85. The number of hydrogen-bond acceptors (Lipinski definition) is 4. The molecule has 0 radical (unpaired) electrons. The highest BCUT2D eigenvalue weighted by Gasteiger charge is 2.20. The van der Waals surface area contributed by atoms with Gasteiger partial charge in [0.1, 0.15) is 5.01 Å². The van der Waals surface area contributed by atoms with Crippen molar-refractivity contribution in [2.24, 2.45) is 0 Å². The van der Waals surface area contributed by atoms with E-state index in [0.29, 0.717) is 12.6 Å². The first-order chi connectivity index (χ1) is 10.1. The third-order valence-corrected chi connectivity index (χ3v) is 4.67. The molecule has 126 valence electrons. The Kier molecular flexibility index (Phi) is 6.81. The second-order valence-corrected chi connectivity index (χ2v) is 7.91. The zero-order valence-electron chi connectivity index (χ0n) is 14.9. The van der Waals surface area contributed by atoms with Crippen LogP contribution in [0.4, 0.5) is 4.79 Å². The van der Waals surface area contributed by atoms with E-state index in [1.54, 1.807) is 11.3 Å². The van der Waals surface area contributed by atoms with Crippen LogP contribution in [0, 0.1) is 0 Å². The van der Waals surface area contributed by atoms with E-state index in [1.165, 1.54) is 0 Å². The molecule has 0 fully saturated rings. The van der Waals surface area contributed by atoms with Gasteiger partial charge in [-0.25, -0.2) is 9.78 Å². The molecule has 6 heteroatoms. The van der Waals surface area contributed by atoms with Crippen LogP contribution in [0.2, 0.25) is 0 Å². The van der Waals surface area contributed by atoms with Crippen LogP contribution in [0.15, 0.2) is 5.38 Å². The summed E-state index contributed by atoms with van der Waals surface area (Å²) in [6.45, 7) is 14.1. The summed E-state index contributed by atoms with van der Waals surface area (Å²) in [5.74, 6) is 0. The maximum Gasteiger partial charge on any atom is 0.315 e. The molecule has 0 aliphatic carbocycles. The highest BCUT2D eigenvalue weighted by atomic mass is 32.1. The number of nitrogens with one attached hydrogen (secondary N) is 2. The Labute approximate surface area is 138 Å². The van der Waals surface area contributed by atoms with Crippen LogP contribution in [0.25, 0.3) is 0 Å². The maximum atomic E-state index is 11.9. The lowest BCUT2D eigenvalue weighted by atomic mass is 9.93. The number of carbonyl (C=O) groups excluding carboxylic acids is 1. The molecule has 0 bridgehead atoms. The van der Waals surface area contributed by atoms with E-state index in [-0.39, 0.29) is 17.5 Å². The van der Waals surface area contributed by atoms with E-state index in [4.69, 9.17) is 0 Å². The third kappa shape index (κ3) is 5.93. The van der Waals surface area contributed by atoms with E-state index in [2.05, 4.69) is 67.6 Å². The van der Waals surface area contributed by atoms with Gasteiger partial charge in [0.15, 0.2) is 0 Å². The number of rotatable bonds is 6. The van der Waals surface area contributed by atoms with Gasteiger partial charge in [0, 0.05) is 29.9 Å². The number of aromatic nitrogens is 1. The molecule has 2 N–H and O–H groups in total. The first kappa shape index (κ1) is 18.9. The number of urea groups is 1. The SMILES string of the molecule is CC(C)N(C)CCNC(=O)N[C@@H](C)c1nc(C(C)(C)C)cs1. The van der Waals surface area contributed by atoms with Crippen LogP contribution in [0.3, 0.4) is 0 Å². The number of thiazole rings is 1. The van der Waals surface area contributed by atoms with E-state index in [9.17, 15) is 4.79 Å². The minimum atomic E-state index is -0.142. The maximum absolute atomic E-state index is 11.9. The molecule has 22 heavy (non-hydrogen) atoms. The summed E-state index contributed by atoms with van der Waals surface area (Å²) in [5.41, 5.74) is 1.11. The summed E-state index contributed by atoms with van der Waals surface area (Å²) >= 11 is 1.60. The van der Waals surface area contributed by atoms with Crippen LogP contribution in [-0.2, 0) is 5.41 Å². The molecule has 1 heterocycles. The van der Waals surface area contributed by atoms with Gasteiger partial charge in [0.05, 0.1) is 11.7 Å². The molecule has 1 rings (SSSR count). The quantitative estimate of drug-likeness (QED) is 0.844. The van der Waals surface area contributed by atoms with Crippen molar-refractivity contribution in [2.75, 3.05) is 20.1 Å². The van der Waals surface area contributed by atoms with E-state index >= 15 is 0 Å². The summed E-state index contributed by atoms with van der Waals surface area (Å²) in [4.78, 5) is 18.7. The Bertz CT molecular complexity index is 479. The Morgan fingerprint density at radius 1 is 1.36 bits per heavy atom. The predicted octanol–water partition coefficient (Wildman–Crippen LogP) is 3.14. The fourth-order valence-corrected chi connectivity index (χ4v) is 2.80. The third-order valence-electron chi connectivity index (χ3n) is 3.64. The second-order valence-electron chi connectivity index (χ2n) is 7.02. The second kappa shape index (κ2) is 7.92. The van der Waals surface area contributed by atoms with Gasteiger partial charge >= 0.3 is 6.03 Å². The summed E-state index contributed by atoms with van der Waals surface area (Å²) < 4.78 is 0. The molecule has 0 aromatic carbocycles. The lowest BCUT2D eigenvalue weighted by Gasteiger charge is -2.21. The van der Waals surface area contributed by atoms with Gasteiger partial charge in [-0.1, -0.05) is 20.8 Å². The highest BCUT2D eigenvalue weighted by molar-refractivity contribution is 7.09. The van der Waals surface area contributed by atoms with Gasteiger partial charge in [-0.15, -0.1) is 11.3 Å². The van der Waals surface area contributed by atoms with Gasteiger partial charge < -0.3 is 15.5 Å². The predicted molar refractivity (Wildman–Crippen MR) is 93.5 cm³/mol. The van der Waals surface area contributed by atoms with Gasteiger partial charge in [-0.3, -0.25) is 0 Å². The normalized spacial score (nSPS) is 13.5. The molecule has 0 saturated carbocycles. The zero-order valence-corrected chi connectivity index (χ0v) is 15.7. The van der Waals surface area contributed by atoms with Crippen molar-refractivity contribution in [1.29, 1.82) is 0 Å². The van der Waals surface area contributed by atoms with Gasteiger partial charge in [0.25, 0.3) is 0 Å². The van der Waals surface area contributed by atoms with Crippen LogP contribution >= 0.6 is 11.3 Å². The minimum absolute atomic E-state index is 0.0398. The molecular formula is C16H30N4OS. The van der Waals surface area contributed by atoms with Crippen molar-refractivity contribution < 1.29 is 4.79 Å². The molecule has 0 unspecified atom stereocenters. The van der Waals surface area contributed by atoms with E-state index in [0.717, 1.165) is 17.2 Å².